The minimum Gasteiger partial charge on any atom is -0.439 e. The molecule has 18 heavy (non-hydrogen) atoms. The van der Waals surface area contributed by atoms with Gasteiger partial charge in [-0.05, 0) is 37.6 Å². The number of aryl methyl sites for hydroxylation is 1. The van der Waals surface area contributed by atoms with Gasteiger partial charge < -0.3 is 9.84 Å². The second-order valence-corrected chi connectivity index (χ2v) is 4.09. The van der Waals surface area contributed by atoms with Crippen molar-refractivity contribution in [1.82, 2.24) is 4.98 Å². The van der Waals surface area contributed by atoms with Crippen molar-refractivity contribution in [3.05, 3.63) is 53.5 Å². The van der Waals surface area contributed by atoms with Crippen LogP contribution in [-0.4, -0.2) is 10.1 Å². The number of hydrogen-bond donors (Lipinski definition) is 1. The molecular formula is C14H14FNO2. The molecule has 0 radical (unpaired) electrons. The zero-order chi connectivity index (χ0) is 13.1. The molecule has 0 spiro atoms. The number of aliphatic hydroxyl groups is 1. The number of nitrogens with zero attached hydrogens (tertiary/aromatic N) is 1. The van der Waals surface area contributed by atoms with Gasteiger partial charge in [0.15, 0.2) is 0 Å². The summed E-state index contributed by atoms with van der Waals surface area (Å²) in [5.41, 5.74) is 1.12. The van der Waals surface area contributed by atoms with Gasteiger partial charge in [-0.25, -0.2) is 9.37 Å². The van der Waals surface area contributed by atoms with E-state index >= 15 is 0 Å². The predicted molar refractivity (Wildman–Crippen MR) is 66.1 cm³/mol. The van der Waals surface area contributed by atoms with Gasteiger partial charge in [0.25, 0.3) is 0 Å². The smallest absolute Gasteiger partial charge is 0.225 e. The molecule has 1 aromatic carbocycles. The highest BCUT2D eigenvalue weighted by atomic mass is 19.1. The van der Waals surface area contributed by atoms with Crippen LogP contribution in [0.15, 0.2) is 36.5 Å². The van der Waals surface area contributed by atoms with Crippen molar-refractivity contribution in [2.45, 2.75) is 20.0 Å². The zero-order valence-electron chi connectivity index (χ0n) is 10.2. The number of hydrogen-bond acceptors (Lipinski definition) is 3. The van der Waals surface area contributed by atoms with E-state index in [1.54, 1.807) is 44.3 Å². The predicted octanol–water partition coefficient (Wildman–Crippen LogP) is 3.37. The first-order chi connectivity index (χ1) is 8.58. The van der Waals surface area contributed by atoms with E-state index in [-0.39, 0.29) is 11.7 Å². The van der Waals surface area contributed by atoms with E-state index in [2.05, 4.69) is 4.98 Å². The second-order valence-electron chi connectivity index (χ2n) is 4.09. The average molecular weight is 247 g/mol. The normalized spacial score (nSPS) is 12.2. The van der Waals surface area contributed by atoms with Crippen molar-refractivity contribution < 1.29 is 14.2 Å². The first-order valence-electron chi connectivity index (χ1n) is 5.65. The summed E-state index contributed by atoms with van der Waals surface area (Å²) in [7, 11) is 0. The molecule has 1 atom stereocenters. The van der Waals surface area contributed by atoms with Crippen LogP contribution in [0, 0.1) is 12.7 Å². The fraction of sp³-hybridized carbons (Fsp3) is 0.214. The van der Waals surface area contributed by atoms with Crippen LogP contribution in [0.5, 0.6) is 11.6 Å². The quantitative estimate of drug-likeness (QED) is 0.904. The lowest BCUT2D eigenvalue weighted by molar-refractivity contribution is 0.194. The van der Waals surface area contributed by atoms with Gasteiger partial charge in [0.2, 0.25) is 5.88 Å². The van der Waals surface area contributed by atoms with Gasteiger partial charge in [0, 0.05) is 17.8 Å². The molecule has 0 aliphatic carbocycles. The van der Waals surface area contributed by atoms with Crippen LogP contribution in [0.4, 0.5) is 4.39 Å². The fourth-order valence-electron chi connectivity index (χ4n) is 1.56. The van der Waals surface area contributed by atoms with Gasteiger partial charge in [-0.15, -0.1) is 0 Å². The van der Waals surface area contributed by atoms with Gasteiger partial charge in [-0.2, -0.15) is 0 Å². The van der Waals surface area contributed by atoms with E-state index in [1.165, 1.54) is 6.07 Å². The molecular weight excluding hydrogens is 233 g/mol. The monoisotopic (exact) mass is 247 g/mol. The molecule has 2 rings (SSSR count). The zero-order valence-corrected chi connectivity index (χ0v) is 10.2. The first-order valence-corrected chi connectivity index (χ1v) is 5.65. The standard InChI is InChI=1S/C14H14FNO2/c1-9-5-6-11(8-13(9)15)18-14-12(10(2)17)4-3-7-16-14/h3-8,10,17H,1-2H3. The summed E-state index contributed by atoms with van der Waals surface area (Å²) in [5.74, 6) is 0.316. The molecule has 1 heterocycles. The Balaban J connectivity index is 2.31. The summed E-state index contributed by atoms with van der Waals surface area (Å²) < 4.78 is 18.9. The highest BCUT2D eigenvalue weighted by Gasteiger charge is 2.11. The second kappa shape index (κ2) is 5.14. The molecule has 1 aromatic heterocycles. The molecule has 0 saturated heterocycles. The molecule has 94 valence electrons. The van der Waals surface area contributed by atoms with Crippen LogP contribution < -0.4 is 4.74 Å². The fourth-order valence-corrected chi connectivity index (χ4v) is 1.56. The highest BCUT2D eigenvalue weighted by Crippen LogP contribution is 2.27. The lowest BCUT2D eigenvalue weighted by Crippen LogP contribution is -1.98. The molecule has 0 aliphatic heterocycles. The molecule has 0 aliphatic rings. The Bertz CT molecular complexity index is 555. The van der Waals surface area contributed by atoms with Crippen molar-refractivity contribution in [3.63, 3.8) is 0 Å². The van der Waals surface area contributed by atoms with E-state index < -0.39 is 6.10 Å². The molecule has 0 bridgehead atoms. The summed E-state index contributed by atoms with van der Waals surface area (Å²) in [6.45, 7) is 3.31. The third kappa shape index (κ3) is 2.65. The van der Waals surface area contributed by atoms with Gasteiger partial charge in [0.1, 0.15) is 11.6 Å². The van der Waals surface area contributed by atoms with E-state index in [0.29, 0.717) is 16.9 Å². The van der Waals surface area contributed by atoms with Crippen LogP contribution in [0.3, 0.4) is 0 Å². The number of aromatic nitrogens is 1. The largest absolute Gasteiger partial charge is 0.439 e. The number of benzene rings is 1. The van der Waals surface area contributed by atoms with Crippen molar-refractivity contribution >= 4 is 0 Å². The first kappa shape index (κ1) is 12.5. The van der Waals surface area contributed by atoms with Crippen molar-refractivity contribution in [2.24, 2.45) is 0 Å². The molecule has 1 unspecified atom stereocenters. The molecule has 0 amide bonds. The number of ether oxygens (including phenoxy) is 1. The van der Waals surface area contributed by atoms with Crippen LogP contribution in [0.2, 0.25) is 0 Å². The van der Waals surface area contributed by atoms with Crippen molar-refractivity contribution in [3.8, 4) is 11.6 Å². The Hall–Kier alpha value is -1.94. The number of aliphatic hydroxyl groups excluding tert-OH is 1. The van der Waals surface area contributed by atoms with Gasteiger partial charge >= 0.3 is 0 Å². The Morgan fingerprint density at radius 1 is 1.33 bits per heavy atom. The SMILES string of the molecule is Cc1ccc(Oc2ncccc2C(C)O)cc1F. The molecule has 1 N–H and O–H groups in total. The molecule has 0 saturated carbocycles. The Labute approximate surface area is 105 Å². The third-order valence-corrected chi connectivity index (χ3v) is 2.61. The summed E-state index contributed by atoms with van der Waals surface area (Å²) in [6, 6.07) is 8.03. The lowest BCUT2D eigenvalue weighted by Gasteiger charge is -2.11. The highest BCUT2D eigenvalue weighted by molar-refractivity contribution is 5.35. The minimum absolute atomic E-state index is 0.288. The summed E-state index contributed by atoms with van der Waals surface area (Å²) in [5, 5.41) is 9.59. The van der Waals surface area contributed by atoms with Crippen LogP contribution in [-0.2, 0) is 0 Å². The number of halogens is 1. The molecule has 3 nitrogen and oxygen atoms in total. The maximum Gasteiger partial charge on any atom is 0.225 e. The average Bonchev–Trinajstić information content (AvgIpc) is 2.34. The van der Waals surface area contributed by atoms with E-state index in [4.69, 9.17) is 4.74 Å². The summed E-state index contributed by atoms with van der Waals surface area (Å²) in [6.07, 6.45) is 0.871. The van der Waals surface area contributed by atoms with E-state index in [1.807, 2.05) is 0 Å². The maximum absolute atomic E-state index is 13.4. The van der Waals surface area contributed by atoms with Gasteiger partial charge in [-0.3, -0.25) is 0 Å². The molecule has 4 heteroatoms. The summed E-state index contributed by atoms with van der Waals surface area (Å²) >= 11 is 0. The Kier molecular flexibility index (Phi) is 3.58. The minimum atomic E-state index is -0.691. The van der Waals surface area contributed by atoms with Gasteiger partial charge in [-0.1, -0.05) is 6.07 Å². The number of pyridine rings is 1. The number of rotatable bonds is 3. The Morgan fingerprint density at radius 2 is 2.11 bits per heavy atom. The topological polar surface area (TPSA) is 42.4 Å². The Morgan fingerprint density at radius 3 is 2.78 bits per heavy atom. The summed E-state index contributed by atoms with van der Waals surface area (Å²) in [4.78, 5) is 4.04. The lowest BCUT2D eigenvalue weighted by atomic mass is 10.2. The van der Waals surface area contributed by atoms with E-state index in [0.717, 1.165) is 0 Å². The third-order valence-electron chi connectivity index (χ3n) is 2.61. The molecule has 0 fully saturated rings. The maximum atomic E-state index is 13.4. The van der Waals surface area contributed by atoms with E-state index in [9.17, 15) is 9.50 Å². The van der Waals surface area contributed by atoms with Gasteiger partial charge in [0.05, 0.1) is 6.10 Å². The van der Waals surface area contributed by atoms with Crippen molar-refractivity contribution in [2.75, 3.05) is 0 Å². The van der Waals surface area contributed by atoms with Crippen LogP contribution in [0.25, 0.3) is 0 Å². The van der Waals surface area contributed by atoms with Crippen LogP contribution >= 0.6 is 0 Å². The molecule has 2 aromatic rings. The van der Waals surface area contributed by atoms with Crippen LogP contribution in [0.1, 0.15) is 24.2 Å². The van der Waals surface area contributed by atoms with Crippen molar-refractivity contribution in [1.29, 1.82) is 0 Å².